The summed E-state index contributed by atoms with van der Waals surface area (Å²) in [7, 11) is 1.42. The Hall–Kier alpha value is -2.62. The number of benzene rings is 2. The van der Waals surface area contributed by atoms with Crippen LogP contribution in [0, 0.1) is 0 Å². The van der Waals surface area contributed by atoms with E-state index in [-0.39, 0.29) is 12.0 Å². The van der Waals surface area contributed by atoms with Gasteiger partial charge in [-0.2, -0.15) is 0 Å². The monoisotopic (exact) mass is 322 g/mol. The van der Waals surface area contributed by atoms with E-state index in [0.29, 0.717) is 6.42 Å². The Morgan fingerprint density at radius 1 is 1.17 bits per heavy atom. The maximum atomic E-state index is 11.7. The molecule has 0 radical (unpaired) electrons. The topological polar surface area (TPSA) is 41.9 Å². The van der Waals surface area contributed by atoms with Gasteiger partial charge in [0.25, 0.3) is 0 Å². The lowest BCUT2D eigenvalue weighted by Crippen LogP contribution is -2.30. The third kappa shape index (κ3) is 4.22. The van der Waals surface area contributed by atoms with Gasteiger partial charge in [-0.3, -0.25) is 9.79 Å². The molecule has 0 saturated carbocycles. The van der Waals surface area contributed by atoms with Gasteiger partial charge in [-0.15, -0.1) is 0 Å². The molecule has 1 unspecified atom stereocenters. The number of para-hydroxylation sites is 1. The quantitative estimate of drug-likeness (QED) is 0.784. The van der Waals surface area contributed by atoms with E-state index in [4.69, 9.17) is 9.73 Å². The Kier molecular flexibility index (Phi) is 5.26. The average Bonchev–Trinajstić information content (AvgIpc) is 2.79. The van der Waals surface area contributed by atoms with Crippen LogP contribution in [0.25, 0.3) is 6.20 Å². The van der Waals surface area contributed by atoms with Crippen molar-refractivity contribution >= 4 is 12.2 Å². The van der Waals surface area contributed by atoms with Gasteiger partial charge in [0.1, 0.15) is 0 Å². The van der Waals surface area contributed by atoms with Crippen molar-refractivity contribution in [1.29, 1.82) is 0 Å². The van der Waals surface area contributed by atoms with Crippen molar-refractivity contribution < 1.29 is 9.53 Å². The molecule has 0 N–H and O–H groups in total. The highest BCUT2D eigenvalue weighted by Gasteiger charge is 2.17. The van der Waals surface area contributed by atoms with E-state index in [1.165, 1.54) is 12.7 Å². The second-order valence-electron chi connectivity index (χ2n) is 5.98. The molecule has 0 saturated heterocycles. The lowest BCUT2D eigenvalue weighted by molar-refractivity contribution is -0.141. The lowest BCUT2D eigenvalue weighted by atomic mass is 10.1. The fraction of sp³-hybridized carbons (Fsp3) is 0.300. The number of carbonyl (C=O) groups is 1. The molecule has 0 aliphatic carbocycles. The van der Waals surface area contributed by atoms with Gasteiger partial charge in [0, 0.05) is 24.5 Å². The second-order valence-corrected chi connectivity index (χ2v) is 5.98. The number of hydrogen-bond acceptors (Lipinski definition) is 4. The normalized spacial score (nSPS) is 16.4. The molecule has 4 nitrogen and oxygen atoms in total. The minimum atomic E-state index is -0.217. The van der Waals surface area contributed by atoms with Crippen molar-refractivity contribution in [3.63, 3.8) is 0 Å². The van der Waals surface area contributed by atoms with Gasteiger partial charge in [-0.05, 0) is 18.1 Å². The Morgan fingerprint density at radius 2 is 1.92 bits per heavy atom. The molecule has 1 aliphatic rings. The van der Waals surface area contributed by atoms with E-state index in [9.17, 15) is 4.79 Å². The van der Waals surface area contributed by atoms with Gasteiger partial charge >= 0.3 is 5.97 Å². The van der Waals surface area contributed by atoms with Crippen molar-refractivity contribution in [2.24, 2.45) is 4.99 Å². The van der Waals surface area contributed by atoms with Crippen LogP contribution in [0.2, 0.25) is 0 Å². The summed E-state index contributed by atoms with van der Waals surface area (Å²) in [5.41, 5.74) is 1.31. The Morgan fingerprint density at radius 3 is 2.71 bits per heavy atom. The van der Waals surface area contributed by atoms with Gasteiger partial charge in [-0.25, -0.2) is 0 Å². The number of esters is 1. The first-order valence-corrected chi connectivity index (χ1v) is 8.24. The Labute approximate surface area is 142 Å². The second kappa shape index (κ2) is 7.77. The van der Waals surface area contributed by atoms with E-state index >= 15 is 0 Å². The zero-order valence-corrected chi connectivity index (χ0v) is 13.9. The third-order valence-corrected chi connectivity index (χ3v) is 4.19. The number of nitrogens with zero attached hydrogens (tertiary/aromatic N) is 2. The SMILES string of the molecule is COC(=O)CC1CN(CCc2ccccc2)C=c2ccccc2=N1. The molecule has 3 rings (SSSR count). The number of methoxy groups -OCH3 is 1. The van der Waals surface area contributed by atoms with Crippen LogP contribution < -0.4 is 10.6 Å². The zero-order chi connectivity index (χ0) is 16.8. The smallest absolute Gasteiger partial charge is 0.307 e. The molecule has 24 heavy (non-hydrogen) atoms. The number of ether oxygens (including phenoxy) is 1. The van der Waals surface area contributed by atoms with Gasteiger partial charge in [0.2, 0.25) is 0 Å². The number of fused-ring (bicyclic) bond motifs is 1. The minimum Gasteiger partial charge on any atom is -0.469 e. The maximum Gasteiger partial charge on any atom is 0.307 e. The molecule has 2 aromatic carbocycles. The summed E-state index contributed by atoms with van der Waals surface area (Å²) in [6.07, 6.45) is 3.42. The van der Waals surface area contributed by atoms with Crippen molar-refractivity contribution in [3.05, 3.63) is 70.7 Å². The standard InChI is InChI=1S/C20H22N2O2/c1-24-20(23)13-18-15-22(12-11-16-7-3-2-4-8-16)14-17-9-5-6-10-19(17)21-18/h2-10,14,18H,11-13,15H2,1H3. The van der Waals surface area contributed by atoms with Crippen molar-refractivity contribution in [2.45, 2.75) is 18.9 Å². The molecule has 0 fully saturated rings. The van der Waals surface area contributed by atoms with Gasteiger partial charge in [0.05, 0.1) is 24.9 Å². The molecule has 1 aliphatic heterocycles. The van der Waals surface area contributed by atoms with E-state index in [1.54, 1.807) is 0 Å². The van der Waals surface area contributed by atoms with E-state index < -0.39 is 0 Å². The number of carbonyl (C=O) groups excluding carboxylic acids is 1. The summed E-state index contributed by atoms with van der Waals surface area (Å²) in [6, 6.07) is 18.4. The van der Waals surface area contributed by atoms with Crippen LogP contribution in [0.1, 0.15) is 12.0 Å². The molecule has 124 valence electrons. The van der Waals surface area contributed by atoms with Crippen LogP contribution in [-0.4, -0.2) is 37.1 Å². The highest BCUT2D eigenvalue weighted by molar-refractivity contribution is 5.70. The van der Waals surface area contributed by atoms with Crippen LogP contribution in [0.4, 0.5) is 0 Å². The lowest BCUT2D eigenvalue weighted by Gasteiger charge is -2.22. The summed E-state index contributed by atoms with van der Waals surface area (Å²) >= 11 is 0. The first-order valence-electron chi connectivity index (χ1n) is 8.24. The fourth-order valence-electron chi connectivity index (χ4n) is 2.93. The predicted molar refractivity (Wildman–Crippen MR) is 93.8 cm³/mol. The van der Waals surface area contributed by atoms with Crippen LogP contribution in [0.15, 0.2) is 59.6 Å². The minimum absolute atomic E-state index is 0.0897. The Balaban J connectivity index is 1.82. The maximum absolute atomic E-state index is 11.7. The molecule has 1 heterocycles. The summed E-state index contributed by atoms with van der Waals surface area (Å²) in [4.78, 5) is 18.7. The average molecular weight is 322 g/mol. The Bertz CT molecular complexity index is 802. The first-order chi connectivity index (χ1) is 11.7. The van der Waals surface area contributed by atoms with E-state index in [2.05, 4.69) is 41.4 Å². The summed E-state index contributed by atoms with van der Waals surface area (Å²) < 4.78 is 4.82. The first kappa shape index (κ1) is 16.2. The predicted octanol–water partition coefficient (Wildman–Crippen LogP) is 1.53. The van der Waals surface area contributed by atoms with Crippen molar-refractivity contribution in [3.8, 4) is 0 Å². The molecule has 0 amide bonds. The third-order valence-electron chi connectivity index (χ3n) is 4.19. The molecule has 0 aromatic heterocycles. The summed E-state index contributed by atoms with van der Waals surface area (Å²) in [5, 5.41) is 2.03. The van der Waals surface area contributed by atoms with Crippen molar-refractivity contribution in [1.82, 2.24) is 4.90 Å². The van der Waals surface area contributed by atoms with Gasteiger partial charge < -0.3 is 9.64 Å². The molecule has 0 bridgehead atoms. The summed E-state index contributed by atoms with van der Waals surface area (Å²) in [5.74, 6) is -0.217. The van der Waals surface area contributed by atoms with Crippen LogP contribution >= 0.6 is 0 Å². The fourth-order valence-corrected chi connectivity index (χ4v) is 2.93. The van der Waals surface area contributed by atoms with Crippen LogP contribution in [0.3, 0.4) is 0 Å². The van der Waals surface area contributed by atoms with E-state index in [1.807, 2.05) is 24.3 Å². The molecule has 4 heteroatoms. The molecular weight excluding hydrogens is 300 g/mol. The highest BCUT2D eigenvalue weighted by atomic mass is 16.5. The van der Waals surface area contributed by atoms with Crippen molar-refractivity contribution in [2.75, 3.05) is 20.2 Å². The molecule has 1 atom stereocenters. The van der Waals surface area contributed by atoms with Gasteiger partial charge in [-0.1, -0.05) is 48.5 Å². The van der Waals surface area contributed by atoms with Crippen LogP contribution in [-0.2, 0) is 16.0 Å². The molecular formula is C20H22N2O2. The number of rotatable bonds is 5. The highest BCUT2D eigenvalue weighted by Crippen LogP contribution is 2.08. The number of hydrogen-bond donors (Lipinski definition) is 0. The molecule has 0 spiro atoms. The van der Waals surface area contributed by atoms with E-state index in [0.717, 1.165) is 30.1 Å². The summed E-state index contributed by atoms with van der Waals surface area (Å²) in [6.45, 7) is 1.61. The molecule has 2 aromatic rings. The van der Waals surface area contributed by atoms with Gasteiger partial charge in [0.15, 0.2) is 0 Å². The largest absolute Gasteiger partial charge is 0.469 e. The van der Waals surface area contributed by atoms with Crippen LogP contribution in [0.5, 0.6) is 0 Å². The zero-order valence-electron chi connectivity index (χ0n) is 13.9.